The minimum atomic E-state index is -0.624. The average Bonchev–Trinajstić information content (AvgIpc) is 3.08. The van der Waals surface area contributed by atoms with E-state index in [1.165, 1.54) is 23.2 Å². The van der Waals surface area contributed by atoms with Gasteiger partial charge in [0, 0.05) is 0 Å². The number of benzene rings is 1. The lowest BCUT2D eigenvalue weighted by atomic mass is 10.1. The smallest absolute Gasteiger partial charge is 0.401 e. The number of aryl methyl sites for hydroxylation is 2. The molecule has 0 bridgehead atoms. The van der Waals surface area contributed by atoms with Gasteiger partial charge in [0.1, 0.15) is 10.7 Å². The lowest BCUT2D eigenvalue weighted by Gasteiger charge is -2.14. The SMILES string of the molecule is CC1=NN(c2ccc(C)cc2C)C(=O)C1=Cc1ccc([N+](=O)[O-])o1. The van der Waals surface area contributed by atoms with Crippen LogP contribution < -0.4 is 5.01 Å². The maximum absolute atomic E-state index is 12.7. The first-order valence-electron chi connectivity index (χ1n) is 7.30. The summed E-state index contributed by atoms with van der Waals surface area (Å²) in [6, 6.07) is 8.44. The molecule has 0 spiro atoms. The van der Waals surface area contributed by atoms with E-state index >= 15 is 0 Å². The number of hydrogen-bond donors (Lipinski definition) is 0. The van der Waals surface area contributed by atoms with Crippen LogP contribution in [0.25, 0.3) is 6.08 Å². The summed E-state index contributed by atoms with van der Waals surface area (Å²) in [5, 5.41) is 16.3. The van der Waals surface area contributed by atoms with Gasteiger partial charge in [-0.2, -0.15) is 10.1 Å². The number of hydrazone groups is 1. The Morgan fingerprint density at radius 2 is 1.96 bits per heavy atom. The monoisotopic (exact) mass is 325 g/mol. The number of carbonyl (C=O) groups excluding carboxylic acids is 1. The molecule has 7 nitrogen and oxygen atoms in total. The highest BCUT2D eigenvalue weighted by Gasteiger charge is 2.30. The quantitative estimate of drug-likeness (QED) is 0.490. The number of rotatable bonds is 3. The molecule has 1 aromatic carbocycles. The zero-order valence-electron chi connectivity index (χ0n) is 13.4. The van der Waals surface area contributed by atoms with Gasteiger partial charge in [-0.3, -0.25) is 14.9 Å². The first-order valence-corrected chi connectivity index (χ1v) is 7.30. The molecule has 2 heterocycles. The molecule has 0 N–H and O–H groups in total. The highest BCUT2D eigenvalue weighted by Crippen LogP contribution is 2.29. The molecule has 1 aliphatic heterocycles. The van der Waals surface area contributed by atoms with E-state index in [0.717, 1.165) is 11.1 Å². The summed E-state index contributed by atoms with van der Waals surface area (Å²) in [6.07, 6.45) is 1.47. The van der Waals surface area contributed by atoms with E-state index in [1.807, 2.05) is 32.0 Å². The van der Waals surface area contributed by atoms with E-state index < -0.39 is 4.92 Å². The molecule has 122 valence electrons. The molecule has 1 aliphatic rings. The summed E-state index contributed by atoms with van der Waals surface area (Å²) in [4.78, 5) is 22.7. The van der Waals surface area contributed by atoms with Crippen LogP contribution in [-0.4, -0.2) is 16.5 Å². The van der Waals surface area contributed by atoms with E-state index in [0.29, 0.717) is 17.0 Å². The Morgan fingerprint density at radius 3 is 2.58 bits per heavy atom. The second-order valence-electron chi connectivity index (χ2n) is 5.58. The van der Waals surface area contributed by atoms with Crippen LogP contribution in [0.2, 0.25) is 0 Å². The van der Waals surface area contributed by atoms with Gasteiger partial charge in [0.05, 0.1) is 23.0 Å². The molecule has 0 radical (unpaired) electrons. The number of hydrogen-bond acceptors (Lipinski definition) is 5. The van der Waals surface area contributed by atoms with Crippen LogP contribution in [0.4, 0.5) is 11.6 Å². The van der Waals surface area contributed by atoms with Crippen molar-refractivity contribution in [3.05, 3.63) is 62.9 Å². The van der Waals surface area contributed by atoms with Gasteiger partial charge in [-0.15, -0.1) is 0 Å². The number of nitrogens with zero attached hydrogens (tertiary/aromatic N) is 3. The summed E-state index contributed by atoms with van der Waals surface area (Å²) in [7, 11) is 0. The second-order valence-corrected chi connectivity index (χ2v) is 5.58. The third kappa shape index (κ3) is 2.71. The molecule has 0 aliphatic carbocycles. The lowest BCUT2D eigenvalue weighted by Crippen LogP contribution is -2.22. The van der Waals surface area contributed by atoms with Gasteiger partial charge in [0.25, 0.3) is 5.91 Å². The van der Waals surface area contributed by atoms with Crippen molar-refractivity contribution in [3.8, 4) is 0 Å². The van der Waals surface area contributed by atoms with Crippen LogP contribution in [-0.2, 0) is 4.79 Å². The van der Waals surface area contributed by atoms with E-state index in [2.05, 4.69) is 5.10 Å². The van der Waals surface area contributed by atoms with E-state index in [4.69, 9.17) is 4.42 Å². The van der Waals surface area contributed by atoms with Gasteiger partial charge >= 0.3 is 5.88 Å². The van der Waals surface area contributed by atoms with Crippen LogP contribution in [0.1, 0.15) is 23.8 Å². The fourth-order valence-electron chi connectivity index (χ4n) is 2.55. The molecule has 2 aromatic rings. The minimum absolute atomic E-state index is 0.238. The summed E-state index contributed by atoms with van der Waals surface area (Å²) >= 11 is 0. The van der Waals surface area contributed by atoms with Gasteiger partial charge in [0.2, 0.25) is 0 Å². The molecule has 0 atom stereocenters. The third-order valence-corrected chi connectivity index (χ3v) is 3.72. The molecule has 0 fully saturated rings. The second kappa shape index (κ2) is 5.77. The van der Waals surface area contributed by atoms with Crippen molar-refractivity contribution >= 4 is 29.3 Å². The maximum Gasteiger partial charge on any atom is 0.433 e. The molecule has 1 amide bonds. The third-order valence-electron chi connectivity index (χ3n) is 3.72. The van der Waals surface area contributed by atoms with Crippen LogP contribution in [0, 0.1) is 24.0 Å². The summed E-state index contributed by atoms with van der Waals surface area (Å²) in [5.41, 5.74) is 3.62. The molecule has 3 rings (SSSR count). The van der Waals surface area contributed by atoms with Gasteiger partial charge in [-0.05, 0) is 44.5 Å². The van der Waals surface area contributed by atoms with Crippen LogP contribution in [0.3, 0.4) is 0 Å². The summed E-state index contributed by atoms with van der Waals surface area (Å²) < 4.78 is 5.08. The van der Waals surface area contributed by atoms with Gasteiger partial charge in [0.15, 0.2) is 0 Å². The maximum atomic E-state index is 12.7. The van der Waals surface area contributed by atoms with Crippen molar-refractivity contribution in [2.24, 2.45) is 5.10 Å². The van der Waals surface area contributed by atoms with E-state index in [1.54, 1.807) is 6.92 Å². The Kier molecular flexibility index (Phi) is 3.76. The van der Waals surface area contributed by atoms with Crippen molar-refractivity contribution in [1.29, 1.82) is 0 Å². The number of nitro groups is 1. The fourth-order valence-corrected chi connectivity index (χ4v) is 2.55. The predicted molar refractivity (Wildman–Crippen MR) is 89.9 cm³/mol. The summed E-state index contributed by atoms with van der Waals surface area (Å²) in [6.45, 7) is 5.61. The van der Waals surface area contributed by atoms with Gasteiger partial charge in [-0.1, -0.05) is 17.7 Å². The van der Waals surface area contributed by atoms with Crippen molar-refractivity contribution in [2.45, 2.75) is 20.8 Å². The number of amides is 1. The van der Waals surface area contributed by atoms with Crippen molar-refractivity contribution in [1.82, 2.24) is 0 Å². The Bertz CT molecular complexity index is 908. The molecule has 7 heteroatoms. The van der Waals surface area contributed by atoms with Crippen LogP contribution >= 0.6 is 0 Å². The number of furan rings is 1. The Hall–Kier alpha value is -3.22. The first-order chi connectivity index (χ1) is 11.4. The predicted octanol–water partition coefficient (Wildman–Crippen LogP) is 3.61. The molecule has 1 aromatic heterocycles. The normalized spacial score (nSPS) is 16.0. The van der Waals surface area contributed by atoms with Crippen molar-refractivity contribution in [3.63, 3.8) is 0 Å². The zero-order chi connectivity index (χ0) is 17.4. The van der Waals surface area contributed by atoms with Gasteiger partial charge < -0.3 is 4.42 Å². The van der Waals surface area contributed by atoms with E-state index in [9.17, 15) is 14.9 Å². The molecule has 0 saturated carbocycles. The highest BCUT2D eigenvalue weighted by molar-refractivity contribution is 6.32. The molecule has 0 saturated heterocycles. The molecule has 0 unspecified atom stereocenters. The molecule has 24 heavy (non-hydrogen) atoms. The first kappa shape index (κ1) is 15.7. The molecular weight excluding hydrogens is 310 g/mol. The van der Waals surface area contributed by atoms with Gasteiger partial charge in [-0.25, -0.2) is 0 Å². The average molecular weight is 325 g/mol. The largest absolute Gasteiger partial charge is 0.433 e. The Morgan fingerprint density at radius 1 is 1.21 bits per heavy atom. The lowest BCUT2D eigenvalue weighted by molar-refractivity contribution is -0.402. The zero-order valence-corrected chi connectivity index (χ0v) is 13.4. The standard InChI is InChI=1S/C17H15N3O4/c1-10-4-6-15(11(2)8-10)19-17(21)14(12(3)18-19)9-13-5-7-16(24-13)20(22)23/h4-9H,1-3H3. The Balaban J connectivity index is 1.95. The van der Waals surface area contributed by atoms with E-state index in [-0.39, 0.29) is 17.6 Å². The highest BCUT2D eigenvalue weighted by atomic mass is 16.6. The van der Waals surface area contributed by atoms with Crippen molar-refractivity contribution < 1.29 is 14.1 Å². The molecular formula is C17H15N3O4. The summed E-state index contributed by atoms with van der Waals surface area (Å²) in [5.74, 6) is -0.422. The number of carbonyl (C=O) groups is 1. The van der Waals surface area contributed by atoms with Crippen molar-refractivity contribution in [2.75, 3.05) is 5.01 Å². The Labute approximate surface area is 138 Å². The fraction of sp³-hybridized carbons (Fsp3) is 0.176. The number of anilines is 1. The van der Waals surface area contributed by atoms with Crippen LogP contribution in [0.15, 0.2) is 45.4 Å². The van der Waals surface area contributed by atoms with Crippen LogP contribution in [0.5, 0.6) is 0 Å². The minimum Gasteiger partial charge on any atom is -0.401 e. The topological polar surface area (TPSA) is 89.0 Å².